The molecule has 0 aliphatic heterocycles. The van der Waals surface area contributed by atoms with Gasteiger partial charge in [-0.05, 0) is 44.0 Å². The molecule has 14 heavy (non-hydrogen) atoms. The molecule has 1 aromatic rings. The van der Waals surface area contributed by atoms with E-state index in [1.165, 1.54) is 0 Å². The number of ether oxygens (including phenoxy) is 1. The molecule has 3 N–H and O–H groups in total. The number of halogens is 2. The number of benzene rings is 1. The zero-order chi connectivity index (χ0) is 10.7. The van der Waals surface area contributed by atoms with E-state index in [1.807, 2.05) is 0 Å². The van der Waals surface area contributed by atoms with Crippen LogP contribution in [-0.4, -0.2) is 13.0 Å². The Kier molecular flexibility index (Phi) is 3.91. The van der Waals surface area contributed by atoms with Crippen molar-refractivity contribution in [3.05, 3.63) is 26.6 Å². The largest absolute Gasteiger partial charge is 0.494 e. The molecule has 0 aliphatic carbocycles. The van der Waals surface area contributed by atoms with E-state index < -0.39 is 0 Å². The molecule has 0 spiro atoms. The van der Waals surface area contributed by atoms with Gasteiger partial charge in [-0.1, -0.05) is 0 Å². The molecule has 0 aromatic heterocycles. The first-order valence-electron chi connectivity index (χ1n) is 3.64. The van der Waals surface area contributed by atoms with Crippen LogP contribution < -0.4 is 16.0 Å². The van der Waals surface area contributed by atoms with E-state index in [1.54, 1.807) is 19.2 Å². The maximum Gasteiger partial charge on any atom is 0.265 e. The maximum absolute atomic E-state index is 11.2. The minimum Gasteiger partial charge on any atom is -0.494 e. The quantitative estimate of drug-likeness (QED) is 0.496. The Morgan fingerprint density at radius 1 is 1.43 bits per heavy atom. The number of carbonyl (C=O) groups is 1. The molecule has 0 saturated heterocycles. The minimum atomic E-state index is -0.353. The van der Waals surface area contributed by atoms with Gasteiger partial charge in [0.25, 0.3) is 5.91 Å². The molecule has 1 aromatic carbocycles. The third-order valence-electron chi connectivity index (χ3n) is 1.60. The Morgan fingerprint density at radius 3 is 2.29 bits per heavy atom. The standard InChI is InChI=1S/C8H8Br2N2O2/c1-14-7-5(9)2-4(3-6(7)10)8(13)12-11/h2-3H,11H2,1H3,(H,12,13). The number of methoxy groups -OCH3 is 1. The van der Waals surface area contributed by atoms with Gasteiger partial charge < -0.3 is 4.74 Å². The number of rotatable bonds is 2. The lowest BCUT2D eigenvalue weighted by molar-refractivity contribution is 0.0953. The van der Waals surface area contributed by atoms with E-state index in [-0.39, 0.29) is 5.91 Å². The van der Waals surface area contributed by atoms with Gasteiger partial charge in [-0.3, -0.25) is 10.2 Å². The molecule has 1 rings (SSSR count). The van der Waals surface area contributed by atoms with Crippen molar-refractivity contribution in [3.63, 3.8) is 0 Å². The highest BCUT2D eigenvalue weighted by molar-refractivity contribution is 9.11. The summed E-state index contributed by atoms with van der Waals surface area (Å²) in [5.74, 6) is 5.30. The summed E-state index contributed by atoms with van der Waals surface area (Å²) in [5, 5.41) is 0. The van der Waals surface area contributed by atoms with E-state index in [9.17, 15) is 4.79 Å². The summed E-state index contributed by atoms with van der Waals surface area (Å²) in [6.45, 7) is 0. The molecular weight excluding hydrogens is 316 g/mol. The fourth-order valence-corrected chi connectivity index (χ4v) is 2.48. The van der Waals surface area contributed by atoms with Crippen LogP contribution in [0.1, 0.15) is 10.4 Å². The van der Waals surface area contributed by atoms with Gasteiger partial charge in [0.1, 0.15) is 5.75 Å². The van der Waals surface area contributed by atoms with Crippen LogP contribution in [0, 0.1) is 0 Å². The normalized spacial score (nSPS) is 9.71. The monoisotopic (exact) mass is 322 g/mol. The van der Waals surface area contributed by atoms with Gasteiger partial charge in [0, 0.05) is 5.56 Å². The van der Waals surface area contributed by atoms with Gasteiger partial charge in [0.15, 0.2) is 0 Å². The SMILES string of the molecule is COc1c(Br)cc(C(=O)NN)cc1Br. The van der Waals surface area contributed by atoms with Crippen molar-refractivity contribution in [1.29, 1.82) is 0 Å². The van der Waals surface area contributed by atoms with Crippen molar-refractivity contribution >= 4 is 37.8 Å². The predicted molar refractivity (Wildman–Crippen MR) is 60.0 cm³/mol. The van der Waals surface area contributed by atoms with Gasteiger partial charge in [-0.25, -0.2) is 5.84 Å². The van der Waals surface area contributed by atoms with Gasteiger partial charge in [0.05, 0.1) is 16.1 Å². The molecule has 0 aliphatic rings. The van der Waals surface area contributed by atoms with Crippen LogP contribution in [0.2, 0.25) is 0 Å². The maximum atomic E-state index is 11.2. The summed E-state index contributed by atoms with van der Waals surface area (Å²) in [7, 11) is 1.55. The molecule has 4 nitrogen and oxygen atoms in total. The second-order valence-corrected chi connectivity index (χ2v) is 4.16. The fourth-order valence-electron chi connectivity index (χ4n) is 0.969. The van der Waals surface area contributed by atoms with E-state index in [0.29, 0.717) is 20.3 Å². The predicted octanol–water partition coefficient (Wildman–Crippen LogP) is 1.82. The molecule has 0 bridgehead atoms. The second-order valence-electron chi connectivity index (χ2n) is 2.45. The third-order valence-corrected chi connectivity index (χ3v) is 2.77. The third kappa shape index (κ3) is 2.26. The average Bonchev–Trinajstić information content (AvgIpc) is 2.16. The van der Waals surface area contributed by atoms with Crippen LogP contribution in [0.25, 0.3) is 0 Å². The van der Waals surface area contributed by atoms with Crippen LogP contribution >= 0.6 is 31.9 Å². The highest BCUT2D eigenvalue weighted by atomic mass is 79.9. The lowest BCUT2D eigenvalue weighted by atomic mass is 10.2. The molecule has 1 amide bonds. The molecule has 0 saturated carbocycles. The molecule has 0 fully saturated rings. The number of hydrogen-bond donors (Lipinski definition) is 2. The Hall–Kier alpha value is -0.590. The van der Waals surface area contributed by atoms with E-state index >= 15 is 0 Å². The lowest BCUT2D eigenvalue weighted by Crippen LogP contribution is -2.29. The van der Waals surface area contributed by atoms with Gasteiger partial charge in [0.2, 0.25) is 0 Å². The number of nitrogens with one attached hydrogen (secondary N) is 1. The number of carbonyl (C=O) groups excluding carboxylic acids is 1. The molecule has 0 heterocycles. The second kappa shape index (κ2) is 4.77. The first-order valence-corrected chi connectivity index (χ1v) is 5.22. The Morgan fingerprint density at radius 2 is 1.93 bits per heavy atom. The number of hydrogen-bond acceptors (Lipinski definition) is 3. The van der Waals surface area contributed by atoms with E-state index in [0.717, 1.165) is 0 Å². The Bertz CT molecular complexity index is 345. The van der Waals surface area contributed by atoms with Crippen molar-refractivity contribution in [2.75, 3.05) is 7.11 Å². The topological polar surface area (TPSA) is 64.3 Å². The van der Waals surface area contributed by atoms with Crippen molar-refractivity contribution < 1.29 is 9.53 Å². The highest BCUT2D eigenvalue weighted by Gasteiger charge is 2.11. The number of nitrogens with two attached hydrogens (primary N) is 1. The number of hydrazine groups is 1. The van der Waals surface area contributed by atoms with Crippen LogP contribution in [0.3, 0.4) is 0 Å². The first-order chi connectivity index (χ1) is 6.60. The number of nitrogen functional groups attached to an aromatic ring is 1. The Labute approximate surface area is 98.0 Å². The summed E-state index contributed by atoms with van der Waals surface area (Å²) in [6, 6.07) is 3.26. The van der Waals surface area contributed by atoms with E-state index in [2.05, 4.69) is 37.3 Å². The summed E-state index contributed by atoms with van der Waals surface area (Å²) in [5.41, 5.74) is 2.50. The molecule has 6 heteroatoms. The molecule has 76 valence electrons. The van der Waals surface area contributed by atoms with Crippen molar-refractivity contribution in [2.45, 2.75) is 0 Å². The highest BCUT2D eigenvalue weighted by Crippen LogP contribution is 2.34. The summed E-state index contributed by atoms with van der Waals surface area (Å²) < 4.78 is 6.46. The van der Waals surface area contributed by atoms with Crippen molar-refractivity contribution in [3.8, 4) is 5.75 Å². The molecule has 0 unspecified atom stereocenters. The van der Waals surface area contributed by atoms with Crippen LogP contribution in [0.4, 0.5) is 0 Å². The van der Waals surface area contributed by atoms with Crippen molar-refractivity contribution in [2.24, 2.45) is 5.84 Å². The lowest BCUT2D eigenvalue weighted by Gasteiger charge is -2.08. The molecule has 0 radical (unpaired) electrons. The smallest absolute Gasteiger partial charge is 0.265 e. The minimum absolute atomic E-state index is 0.353. The van der Waals surface area contributed by atoms with Gasteiger partial charge >= 0.3 is 0 Å². The summed E-state index contributed by atoms with van der Waals surface area (Å²) in [6.07, 6.45) is 0. The van der Waals surface area contributed by atoms with Crippen LogP contribution in [0.5, 0.6) is 5.75 Å². The van der Waals surface area contributed by atoms with E-state index in [4.69, 9.17) is 10.6 Å². The summed E-state index contributed by atoms with van der Waals surface area (Å²) >= 11 is 6.56. The fraction of sp³-hybridized carbons (Fsp3) is 0.125. The zero-order valence-corrected chi connectivity index (χ0v) is 10.5. The van der Waals surface area contributed by atoms with Crippen LogP contribution in [0.15, 0.2) is 21.1 Å². The summed E-state index contributed by atoms with van der Waals surface area (Å²) in [4.78, 5) is 11.2. The molecular formula is C8H8Br2N2O2. The average molecular weight is 324 g/mol. The van der Waals surface area contributed by atoms with Gasteiger partial charge in [-0.15, -0.1) is 0 Å². The van der Waals surface area contributed by atoms with Crippen molar-refractivity contribution in [1.82, 2.24) is 5.43 Å². The number of amides is 1. The molecule has 0 atom stereocenters. The first kappa shape index (κ1) is 11.5. The van der Waals surface area contributed by atoms with Crippen LogP contribution in [-0.2, 0) is 0 Å². The van der Waals surface area contributed by atoms with Gasteiger partial charge in [-0.2, -0.15) is 0 Å². The Balaban J connectivity index is 3.20. The zero-order valence-electron chi connectivity index (χ0n) is 7.30.